The third-order valence-corrected chi connectivity index (χ3v) is 5.02. The van der Waals surface area contributed by atoms with Gasteiger partial charge in [-0.3, -0.25) is 0 Å². The van der Waals surface area contributed by atoms with E-state index in [1.165, 1.54) is 6.07 Å². The van der Waals surface area contributed by atoms with E-state index >= 15 is 0 Å². The van der Waals surface area contributed by atoms with Gasteiger partial charge in [-0.2, -0.15) is 0 Å². The second-order valence-electron chi connectivity index (χ2n) is 8.45. The second kappa shape index (κ2) is 9.29. The molecule has 1 saturated heterocycles. The second-order valence-corrected chi connectivity index (χ2v) is 8.45. The van der Waals surface area contributed by atoms with Crippen molar-refractivity contribution in [3.8, 4) is 0 Å². The summed E-state index contributed by atoms with van der Waals surface area (Å²) in [6, 6.07) is 7.13. The number of benzene rings is 1. The van der Waals surface area contributed by atoms with Gasteiger partial charge in [0.1, 0.15) is 18.1 Å². The Labute approximate surface area is 172 Å². The summed E-state index contributed by atoms with van der Waals surface area (Å²) in [7, 11) is 0. The van der Waals surface area contributed by atoms with Crippen molar-refractivity contribution < 1.29 is 8.81 Å². The Hall–Kier alpha value is -2.57. The van der Waals surface area contributed by atoms with Crippen LogP contribution in [0.15, 0.2) is 39.9 Å². The molecule has 0 bridgehead atoms. The van der Waals surface area contributed by atoms with E-state index in [2.05, 4.69) is 46.3 Å². The highest BCUT2D eigenvalue weighted by molar-refractivity contribution is 5.80. The van der Waals surface area contributed by atoms with Gasteiger partial charge in [0.15, 0.2) is 5.96 Å². The van der Waals surface area contributed by atoms with Crippen LogP contribution in [0.25, 0.3) is 0 Å². The molecule has 1 aliphatic heterocycles. The zero-order chi connectivity index (χ0) is 20.9. The molecule has 29 heavy (non-hydrogen) atoms. The standard InChI is InChI=1S/C22H32FN5O/c1-5-24-21(26-15-20-25-14-19(29-20)22(2,3)4)27-17-9-11-28(12-10-17)18-8-6-7-16(23)13-18/h6-8,13-14,17H,5,9-12,15H2,1-4H3,(H2,24,26,27). The number of halogens is 1. The van der Waals surface area contributed by atoms with Crippen molar-refractivity contribution in [2.24, 2.45) is 4.99 Å². The number of aliphatic imine (C=N–C) groups is 1. The zero-order valence-corrected chi connectivity index (χ0v) is 17.8. The first-order chi connectivity index (χ1) is 13.8. The number of aromatic nitrogens is 1. The molecule has 1 aromatic carbocycles. The van der Waals surface area contributed by atoms with Crippen molar-refractivity contribution in [1.82, 2.24) is 15.6 Å². The average Bonchev–Trinajstić information content (AvgIpc) is 3.16. The van der Waals surface area contributed by atoms with Crippen LogP contribution in [0.5, 0.6) is 0 Å². The Morgan fingerprint density at radius 1 is 1.31 bits per heavy atom. The highest BCUT2D eigenvalue weighted by Crippen LogP contribution is 2.23. The van der Waals surface area contributed by atoms with E-state index in [9.17, 15) is 4.39 Å². The highest BCUT2D eigenvalue weighted by atomic mass is 19.1. The summed E-state index contributed by atoms with van der Waals surface area (Å²) in [6.07, 6.45) is 3.72. The van der Waals surface area contributed by atoms with E-state index in [4.69, 9.17) is 4.42 Å². The number of nitrogens with zero attached hydrogens (tertiary/aromatic N) is 3. The molecule has 1 fully saturated rings. The van der Waals surface area contributed by atoms with Crippen LogP contribution in [-0.2, 0) is 12.0 Å². The summed E-state index contributed by atoms with van der Waals surface area (Å²) < 4.78 is 19.3. The topological polar surface area (TPSA) is 65.7 Å². The van der Waals surface area contributed by atoms with E-state index in [1.54, 1.807) is 18.3 Å². The minimum Gasteiger partial charge on any atom is -0.443 e. The van der Waals surface area contributed by atoms with E-state index in [1.807, 2.05) is 13.0 Å². The third kappa shape index (κ3) is 5.95. The highest BCUT2D eigenvalue weighted by Gasteiger charge is 2.21. The Balaban J connectivity index is 1.55. The van der Waals surface area contributed by atoms with Gasteiger partial charge in [-0.25, -0.2) is 14.4 Å². The molecule has 2 N–H and O–H groups in total. The number of anilines is 1. The van der Waals surface area contributed by atoms with Crippen molar-refractivity contribution in [3.05, 3.63) is 47.9 Å². The number of nitrogens with one attached hydrogen (secondary N) is 2. The molecule has 0 amide bonds. The van der Waals surface area contributed by atoms with Crippen LogP contribution in [0, 0.1) is 5.82 Å². The minimum atomic E-state index is -0.189. The van der Waals surface area contributed by atoms with Gasteiger partial charge < -0.3 is 20.0 Å². The maximum Gasteiger partial charge on any atom is 0.216 e. The average molecular weight is 402 g/mol. The van der Waals surface area contributed by atoms with Gasteiger partial charge in [-0.1, -0.05) is 26.8 Å². The van der Waals surface area contributed by atoms with Crippen LogP contribution >= 0.6 is 0 Å². The molecular formula is C22H32FN5O. The normalized spacial score (nSPS) is 16.2. The first kappa shape index (κ1) is 21.1. The van der Waals surface area contributed by atoms with Crippen LogP contribution in [0.4, 0.5) is 10.1 Å². The van der Waals surface area contributed by atoms with E-state index in [0.29, 0.717) is 18.5 Å². The maximum atomic E-state index is 13.5. The molecule has 2 aromatic rings. The molecule has 1 aromatic heterocycles. The predicted molar refractivity (Wildman–Crippen MR) is 115 cm³/mol. The molecule has 0 saturated carbocycles. The summed E-state index contributed by atoms with van der Waals surface area (Å²) in [5.41, 5.74) is 0.885. The van der Waals surface area contributed by atoms with E-state index in [-0.39, 0.29) is 11.2 Å². The fraction of sp³-hybridized carbons (Fsp3) is 0.545. The van der Waals surface area contributed by atoms with E-state index < -0.39 is 0 Å². The van der Waals surface area contributed by atoms with Crippen LogP contribution in [0.3, 0.4) is 0 Å². The monoisotopic (exact) mass is 401 g/mol. The summed E-state index contributed by atoms with van der Waals surface area (Å²) >= 11 is 0. The number of guanidine groups is 1. The van der Waals surface area contributed by atoms with Crippen LogP contribution < -0.4 is 15.5 Å². The van der Waals surface area contributed by atoms with Crippen molar-refractivity contribution in [2.45, 2.75) is 58.5 Å². The molecule has 158 valence electrons. The third-order valence-electron chi connectivity index (χ3n) is 5.02. The van der Waals surface area contributed by atoms with Crippen LogP contribution in [0.2, 0.25) is 0 Å². The van der Waals surface area contributed by atoms with Crippen molar-refractivity contribution in [3.63, 3.8) is 0 Å². The van der Waals surface area contributed by atoms with Crippen LogP contribution in [0.1, 0.15) is 52.2 Å². The number of oxazole rings is 1. The Bertz CT molecular complexity index is 819. The van der Waals surface area contributed by atoms with Crippen molar-refractivity contribution in [1.29, 1.82) is 0 Å². The van der Waals surface area contributed by atoms with Gasteiger partial charge in [0.25, 0.3) is 0 Å². The van der Waals surface area contributed by atoms with Crippen LogP contribution in [-0.4, -0.2) is 36.6 Å². The number of rotatable bonds is 5. The van der Waals surface area contributed by atoms with Crippen molar-refractivity contribution >= 4 is 11.6 Å². The molecule has 0 radical (unpaired) electrons. The van der Waals surface area contributed by atoms with Gasteiger partial charge in [0.05, 0.1) is 6.20 Å². The molecular weight excluding hydrogens is 369 g/mol. The van der Waals surface area contributed by atoms with Gasteiger partial charge in [-0.15, -0.1) is 0 Å². The van der Waals surface area contributed by atoms with Gasteiger partial charge in [0.2, 0.25) is 5.89 Å². The fourth-order valence-corrected chi connectivity index (χ4v) is 3.35. The summed E-state index contributed by atoms with van der Waals surface area (Å²) in [6.45, 7) is 11.3. The Morgan fingerprint density at radius 2 is 2.07 bits per heavy atom. The predicted octanol–water partition coefficient (Wildman–Crippen LogP) is 3.84. The molecule has 0 spiro atoms. The Kier molecular flexibility index (Phi) is 6.77. The lowest BCUT2D eigenvalue weighted by atomic mass is 9.94. The summed E-state index contributed by atoms with van der Waals surface area (Å²) in [5.74, 6) is 2.07. The first-order valence-electron chi connectivity index (χ1n) is 10.4. The lowest BCUT2D eigenvalue weighted by molar-refractivity contribution is 0.383. The summed E-state index contributed by atoms with van der Waals surface area (Å²) in [5, 5.41) is 6.81. The molecule has 2 heterocycles. The molecule has 1 aliphatic rings. The van der Waals surface area contributed by atoms with Gasteiger partial charge in [-0.05, 0) is 38.0 Å². The first-order valence-corrected chi connectivity index (χ1v) is 10.4. The number of piperidine rings is 1. The fourth-order valence-electron chi connectivity index (χ4n) is 3.35. The lowest BCUT2D eigenvalue weighted by Gasteiger charge is -2.34. The molecule has 0 aliphatic carbocycles. The van der Waals surface area contributed by atoms with Gasteiger partial charge in [0, 0.05) is 36.8 Å². The molecule has 0 atom stereocenters. The maximum absolute atomic E-state index is 13.5. The quantitative estimate of drug-likeness (QED) is 0.589. The molecule has 3 rings (SSSR count). The van der Waals surface area contributed by atoms with Gasteiger partial charge >= 0.3 is 0 Å². The smallest absolute Gasteiger partial charge is 0.216 e. The number of hydrogen-bond donors (Lipinski definition) is 2. The SMILES string of the molecule is CCNC(=NCc1ncc(C(C)(C)C)o1)NC1CCN(c2cccc(F)c2)CC1. The Morgan fingerprint density at radius 3 is 2.69 bits per heavy atom. The number of hydrogen-bond acceptors (Lipinski definition) is 4. The molecule has 7 heteroatoms. The molecule has 6 nitrogen and oxygen atoms in total. The van der Waals surface area contributed by atoms with E-state index in [0.717, 1.165) is 49.9 Å². The summed E-state index contributed by atoms with van der Waals surface area (Å²) in [4.78, 5) is 11.2. The lowest BCUT2D eigenvalue weighted by Crippen LogP contribution is -2.48. The van der Waals surface area contributed by atoms with Crippen molar-refractivity contribution in [2.75, 3.05) is 24.5 Å². The zero-order valence-electron chi connectivity index (χ0n) is 17.8. The molecule has 0 unspecified atom stereocenters. The largest absolute Gasteiger partial charge is 0.443 e. The minimum absolute atomic E-state index is 0.0622.